The van der Waals surface area contributed by atoms with Crippen molar-refractivity contribution in [3.8, 4) is 0 Å². The Morgan fingerprint density at radius 1 is 1.67 bits per heavy atom. The predicted octanol–water partition coefficient (Wildman–Crippen LogP) is 1.28. The number of ether oxygens (including phenoxy) is 1. The van der Waals surface area contributed by atoms with Crippen molar-refractivity contribution in [3.63, 3.8) is 0 Å². The third-order valence-corrected chi connectivity index (χ3v) is 1.99. The smallest absolute Gasteiger partial charge is 0.250 e. The molecule has 1 aliphatic heterocycles. The van der Waals surface area contributed by atoms with Crippen LogP contribution in [0.25, 0.3) is 0 Å². The maximum Gasteiger partial charge on any atom is 0.250 e. The van der Waals surface area contributed by atoms with Gasteiger partial charge in [-0.1, -0.05) is 0 Å². The topological polar surface area (TPSA) is 43.4 Å². The summed E-state index contributed by atoms with van der Waals surface area (Å²) in [5.74, 6) is 0.0326. The van der Waals surface area contributed by atoms with Crippen molar-refractivity contribution in [1.82, 2.24) is 0 Å². The van der Waals surface area contributed by atoms with E-state index in [2.05, 4.69) is 0 Å². The van der Waals surface area contributed by atoms with Gasteiger partial charge in [0.2, 0.25) is 0 Å². The Labute approximate surface area is 76.0 Å². The van der Waals surface area contributed by atoms with Crippen molar-refractivity contribution >= 4 is 22.6 Å². The number of carbonyl (C=O) groups is 2. The Balaban J connectivity index is 2.70. The van der Waals surface area contributed by atoms with E-state index in [0.717, 1.165) is 0 Å². The number of hydrogen-bond donors (Lipinski definition) is 0. The van der Waals surface area contributed by atoms with Crippen LogP contribution < -0.4 is 0 Å². The van der Waals surface area contributed by atoms with Gasteiger partial charge in [0, 0.05) is 12.8 Å². The fraction of sp³-hybridized carbons (Fsp3) is 0.750. The van der Waals surface area contributed by atoms with Crippen molar-refractivity contribution < 1.29 is 14.3 Å². The highest BCUT2D eigenvalue weighted by Gasteiger charge is 2.36. The summed E-state index contributed by atoms with van der Waals surface area (Å²) in [7, 11) is 0. The van der Waals surface area contributed by atoms with Gasteiger partial charge in [0.1, 0.15) is 11.9 Å². The second kappa shape index (κ2) is 3.15. The van der Waals surface area contributed by atoms with Crippen molar-refractivity contribution in [2.75, 3.05) is 0 Å². The first-order chi connectivity index (χ1) is 5.41. The van der Waals surface area contributed by atoms with E-state index in [1.165, 1.54) is 0 Å². The summed E-state index contributed by atoms with van der Waals surface area (Å²) in [6, 6.07) is 0. The van der Waals surface area contributed by atoms with Gasteiger partial charge >= 0.3 is 0 Å². The molecule has 4 heteroatoms. The van der Waals surface area contributed by atoms with E-state index in [9.17, 15) is 9.59 Å². The molecule has 0 radical (unpaired) electrons. The molecule has 3 nitrogen and oxygen atoms in total. The molecule has 0 N–H and O–H groups in total. The van der Waals surface area contributed by atoms with E-state index in [0.29, 0.717) is 6.42 Å². The third-order valence-electron chi connectivity index (χ3n) is 1.75. The predicted molar refractivity (Wildman–Crippen MR) is 44.1 cm³/mol. The molecule has 1 heterocycles. The zero-order chi connectivity index (χ0) is 9.35. The van der Waals surface area contributed by atoms with Crippen LogP contribution >= 0.6 is 11.6 Å². The first-order valence-corrected chi connectivity index (χ1v) is 4.17. The minimum absolute atomic E-state index is 0.0326. The van der Waals surface area contributed by atoms with Gasteiger partial charge in [-0.15, -0.1) is 0 Å². The maximum atomic E-state index is 11.1. The lowest BCUT2D eigenvalue weighted by molar-refractivity contribution is -0.155. The van der Waals surface area contributed by atoms with Crippen LogP contribution in [0.15, 0.2) is 0 Å². The Morgan fingerprint density at radius 3 is 2.67 bits per heavy atom. The summed E-state index contributed by atoms with van der Waals surface area (Å²) in [6.07, 6.45) is -0.276. The number of carbonyl (C=O) groups excluding carboxylic acids is 2. The molecule has 0 bridgehead atoms. The Kier molecular flexibility index (Phi) is 2.54. The average Bonchev–Trinajstić information content (AvgIpc) is 1.82. The van der Waals surface area contributed by atoms with Crippen LogP contribution in [0.3, 0.4) is 0 Å². The van der Waals surface area contributed by atoms with Crippen molar-refractivity contribution in [2.24, 2.45) is 0 Å². The van der Waals surface area contributed by atoms with Crippen LogP contribution in [0.1, 0.15) is 26.7 Å². The Hall–Kier alpha value is -0.410. The zero-order valence-corrected chi connectivity index (χ0v) is 7.85. The van der Waals surface area contributed by atoms with Crippen LogP contribution in [-0.2, 0) is 14.3 Å². The second-order valence-corrected chi connectivity index (χ2v) is 3.96. The van der Waals surface area contributed by atoms with Crippen molar-refractivity contribution in [2.45, 2.75) is 38.4 Å². The number of rotatable bonds is 1. The van der Waals surface area contributed by atoms with Crippen LogP contribution in [0.4, 0.5) is 0 Å². The highest BCUT2D eigenvalue weighted by molar-refractivity contribution is 6.64. The normalized spacial score (nSPS) is 28.6. The van der Waals surface area contributed by atoms with Gasteiger partial charge in [-0.05, 0) is 25.4 Å². The molecule has 1 atom stereocenters. The van der Waals surface area contributed by atoms with Crippen molar-refractivity contribution in [3.05, 3.63) is 0 Å². The average molecular weight is 191 g/mol. The molecule has 0 saturated carbocycles. The van der Waals surface area contributed by atoms with Gasteiger partial charge in [0.05, 0.1) is 5.60 Å². The monoisotopic (exact) mass is 190 g/mol. The molecule has 0 aromatic heterocycles. The maximum absolute atomic E-state index is 11.1. The number of Topliss-reactive ketones (excluding diaryl/α,β-unsaturated/α-hetero) is 1. The first-order valence-electron chi connectivity index (χ1n) is 3.79. The first kappa shape index (κ1) is 9.68. The van der Waals surface area contributed by atoms with E-state index in [-0.39, 0.29) is 12.2 Å². The van der Waals surface area contributed by atoms with Gasteiger partial charge in [-0.2, -0.15) is 0 Å². The van der Waals surface area contributed by atoms with Crippen LogP contribution in [0, 0.1) is 0 Å². The molecule has 0 amide bonds. The Bertz CT molecular complexity index is 222. The lowest BCUT2D eigenvalue weighted by Gasteiger charge is -2.33. The molecule has 1 rings (SSSR count). The standard InChI is InChI=1S/C8H11ClO3/c1-8(2)4-5(10)3-6(12-8)7(9)11/h6H,3-4H2,1-2H3. The molecule has 0 spiro atoms. The SMILES string of the molecule is CC1(C)CC(=O)CC(C(=O)Cl)O1. The molecule has 12 heavy (non-hydrogen) atoms. The van der Waals surface area contributed by atoms with Crippen LogP contribution in [0.5, 0.6) is 0 Å². The molecule has 0 aromatic carbocycles. The highest BCUT2D eigenvalue weighted by atomic mass is 35.5. The fourth-order valence-corrected chi connectivity index (χ4v) is 1.47. The second-order valence-electron chi connectivity index (χ2n) is 3.59. The minimum atomic E-state index is -0.747. The summed E-state index contributed by atoms with van der Waals surface area (Å²) in [6.45, 7) is 3.55. The minimum Gasteiger partial charge on any atom is -0.362 e. The van der Waals surface area contributed by atoms with E-state index in [1.807, 2.05) is 0 Å². The number of hydrogen-bond acceptors (Lipinski definition) is 3. The molecule has 68 valence electrons. The Morgan fingerprint density at radius 2 is 2.25 bits per heavy atom. The van der Waals surface area contributed by atoms with E-state index in [4.69, 9.17) is 16.3 Å². The summed E-state index contributed by atoms with van der Waals surface area (Å²) in [5, 5.41) is -0.587. The molecule has 1 aliphatic rings. The van der Waals surface area contributed by atoms with Gasteiger partial charge in [-0.25, -0.2) is 0 Å². The number of halogens is 1. The number of ketones is 1. The highest BCUT2D eigenvalue weighted by Crippen LogP contribution is 2.26. The lowest BCUT2D eigenvalue weighted by atomic mass is 9.94. The van der Waals surface area contributed by atoms with Gasteiger partial charge in [0.25, 0.3) is 5.24 Å². The summed E-state index contributed by atoms with van der Waals surface area (Å²) in [4.78, 5) is 21.8. The summed E-state index contributed by atoms with van der Waals surface area (Å²) < 4.78 is 5.30. The van der Waals surface area contributed by atoms with E-state index >= 15 is 0 Å². The molecular weight excluding hydrogens is 180 g/mol. The van der Waals surface area contributed by atoms with Crippen LogP contribution in [0.2, 0.25) is 0 Å². The molecule has 1 fully saturated rings. The largest absolute Gasteiger partial charge is 0.362 e. The molecule has 0 aliphatic carbocycles. The van der Waals surface area contributed by atoms with Crippen LogP contribution in [-0.4, -0.2) is 22.7 Å². The molecule has 0 aromatic rings. The quantitative estimate of drug-likeness (QED) is 0.585. The molecule has 1 unspecified atom stereocenters. The summed E-state index contributed by atoms with van der Waals surface area (Å²) in [5.41, 5.74) is -0.551. The fourth-order valence-electron chi connectivity index (χ4n) is 1.35. The molecule has 1 saturated heterocycles. The van der Waals surface area contributed by atoms with E-state index in [1.54, 1.807) is 13.8 Å². The van der Waals surface area contributed by atoms with Gasteiger partial charge in [-0.3, -0.25) is 9.59 Å². The summed E-state index contributed by atoms with van der Waals surface area (Å²) >= 11 is 5.23. The molecular formula is C8H11ClO3. The lowest BCUT2D eigenvalue weighted by Crippen LogP contribution is -2.42. The van der Waals surface area contributed by atoms with Gasteiger partial charge in [0.15, 0.2) is 0 Å². The van der Waals surface area contributed by atoms with Gasteiger partial charge < -0.3 is 4.74 Å². The third kappa shape index (κ3) is 2.29. The van der Waals surface area contributed by atoms with Crippen molar-refractivity contribution in [1.29, 1.82) is 0 Å². The van der Waals surface area contributed by atoms with E-state index < -0.39 is 16.9 Å². The zero-order valence-electron chi connectivity index (χ0n) is 7.09.